The van der Waals surface area contributed by atoms with Crippen LogP contribution < -0.4 is 9.80 Å². The van der Waals surface area contributed by atoms with Crippen molar-refractivity contribution in [3.63, 3.8) is 0 Å². The third kappa shape index (κ3) is 4.02. The molecule has 2 aliphatic heterocycles. The van der Waals surface area contributed by atoms with Crippen LogP contribution in [0.3, 0.4) is 0 Å². The van der Waals surface area contributed by atoms with E-state index in [0.717, 1.165) is 53.5 Å². The van der Waals surface area contributed by atoms with E-state index >= 15 is 0 Å². The van der Waals surface area contributed by atoms with Crippen LogP contribution in [-0.2, 0) is 0 Å². The van der Waals surface area contributed by atoms with Crippen molar-refractivity contribution in [2.45, 2.75) is 26.2 Å². The van der Waals surface area contributed by atoms with Gasteiger partial charge in [0.05, 0.1) is 5.56 Å². The molecule has 0 N–H and O–H groups in total. The molecule has 2 saturated heterocycles. The van der Waals surface area contributed by atoms with Gasteiger partial charge in [-0.1, -0.05) is 41.9 Å². The number of anilines is 2. The minimum absolute atomic E-state index is 0.0707. The quantitative estimate of drug-likeness (QED) is 0.555. The number of amides is 1. The maximum absolute atomic E-state index is 13.5. The van der Waals surface area contributed by atoms with Gasteiger partial charge in [0.1, 0.15) is 5.82 Å². The van der Waals surface area contributed by atoms with Crippen molar-refractivity contribution in [1.29, 1.82) is 0 Å². The molecule has 166 valence electrons. The lowest BCUT2D eigenvalue weighted by Gasteiger charge is -2.37. The lowest BCUT2D eigenvalue weighted by molar-refractivity contribution is 0.0748. The number of halogens is 1. The normalized spacial score (nSPS) is 17.1. The lowest BCUT2D eigenvalue weighted by Crippen LogP contribution is -2.49. The van der Waals surface area contributed by atoms with E-state index in [9.17, 15) is 4.79 Å². The number of fused-ring (bicyclic) bond motifs is 1. The van der Waals surface area contributed by atoms with Gasteiger partial charge in [0.2, 0.25) is 0 Å². The molecule has 0 bridgehead atoms. The Morgan fingerprint density at radius 2 is 1.59 bits per heavy atom. The zero-order valence-corrected chi connectivity index (χ0v) is 19.3. The molecule has 5 nitrogen and oxygen atoms in total. The second-order valence-electron chi connectivity index (χ2n) is 8.80. The van der Waals surface area contributed by atoms with E-state index in [4.69, 9.17) is 16.6 Å². The summed E-state index contributed by atoms with van der Waals surface area (Å²) in [5.74, 6) is 1.08. The number of hydrogen-bond donors (Lipinski definition) is 0. The molecule has 0 radical (unpaired) electrons. The molecule has 0 aliphatic carbocycles. The summed E-state index contributed by atoms with van der Waals surface area (Å²) in [4.78, 5) is 24.9. The summed E-state index contributed by atoms with van der Waals surface area (Å²) in [6.07, 6.45) is 5.48. The number of hydrogen-bond acceptors (Lipinski definition) is 4. The highest BCUT2D eigenvalue weighted by molar-refractivity contribution is 6.30. The van der Waals surface area contributed by atoms with Gasteiger partial charge in [0.25, 0.3) is 5.91 Å². The molecular formula is C26H29ClN4O. The highest BCUT2D eigenvalue weighted by Gasteiger charge is 2.26. The fourth-order valence-electron chi connectivity index (χ4n) is 4.95. The highest BCUT2D eigenvalue weighted by Crippen LogP contribution is 2.30. The molecule has 0 saturated carbocycles. The highest BCUT2D eigenvalue weighted by atomic mass is 35.5. The summed E-state index contributed by atoms with van der Waals surface area (Å²) < 4.78 is 0. The van der Waals surface area contributed by atoms with Crippen LogP contribution in [0.5, 0.6) is 0 Å². The summed E-state index contributed by atoms with van der Waals surface area (Å²) in [5, 5.41) is 2.82. The molecule has 3 aromatic rings. The van der Waals surface area contributed by atoms with Crippen LogP contribution in [0.25, 0.3) is 10.8 Å². The van der Waals surface area contributed by atoms with Gasteiger partial charge in [-0.15, -0.1) is 0 Å². The smallest absolute Gasteiger partial charge is 0.256 e. The van der Waals surface area contributed by atoms with Gasteiger partial charge >= 0.3 is 0 Å². The van der Waals surface area contributed by atoms with E-state index in [0.29, 0.717) is 18.7 Å². The van der Waals surface area contributed by atoms with Crippen molar-refractivity contribution in [2.24, 2.45) is 0 Å². The summed E-state index contributed by atoms with van der Waals surface area (Å²) in [6, 6.07) is 14.2. The molecule has 0 unspecified atom stereocenters. The van der Waals surface area contributed by atoms with Gasteiger partial charge in [-0.25, -0.2) is 4.98 Å². The van der Waals surface area contributed by atoms with Crippen molar-refractivity contribution < 1.29 is 4.79 Å². The second kappa shape index (κ2) is 8.99. The molecule has 6 heteroatoms. The number of rotatable bonds is 3. The van der Waals surface area contributed by atoms with Crippen molar-refractivity contribution in [3.05, 3.63) is 64.8 Å². The Morgan fingerprint density at radius 1 is 0.875 bits per heavy atom. The third-order valence-corrected chi connectivity index (χ3v) is 6.97. The Balaban J connectivity index is 1.37. The number of aromatic nitrogens is 1. The summed E-state index contributed by atoms with van der Waals surface area (Å²) in [6.45, 7) is 7.14. The molecule has 5 rings (SSSR count). The predicted molar refractivity (Wildman–Crippen MR) is 132 cm³/mol. The van der Waals surface area contributed by atoms with Gasteiger partial charge in [-0.05, 0) is 49.3 Å². The molecule has 32 heavy (non-hydrogen) atoms. The van der Waals surface area contributed by atoms with Crippen molar-refractivity contribution in [1.82, 2.24) is 9.88 Å². The molecule has 2 aliphatic rings. The third-order valence-electron chi connectivity index (χ3n) is 6.74. The van der Waals surface area contributed by atoms with Crippen LogP contribution in [0.1, 0.15) is 35.2 Å². The Labute approximate surface area is 194 Å². The van der Waals surface area contributed by atoms with E-state index in [1.807, 2.05) is 29.2 Å². The first-order valence-electron chi connectivity index (χ1n) is 11.5. The first kappa shape index (κ1) is 21.1. The molecule has 1 amide bonds. The molecule has 0 atom stereocenters. The van der Waals surface area contributed by atoms with Gasteiger partial charge < -0.3 is 14.7 Å². The number of nitrogens with zero attached hydrogens (tertiary/aromatic N) is 4. The summed E-state index contributed by atoms with van der Waals surface area (Å²) in [7, 11) is 0. The molecule has 1 aromatic heterocycles. The van der Waals surface area contributed by atoms with E-state index in [2.05, 4.69) is 34.9 Å². The first-order valence-corrected chi connectivity index (χ1v) is 11.9. The van der Waals surface area contributed by atoms with Gasteiger partial charge in [0, 0.05) is 61.6 Å². The minimum Gasteiger partial charge on any atom is -0.368 e. The topological polar surface area (TPSA) is 39.7 Å². The summed E-state index contributed by atoms with van der Waals surface area (Å²) in [5.41, 5.74) is 3.06. The average molecular weight is 449 g/mol. The number of pyridine rings is 1. The van der Waals surface area contributed by atoms with E-state index in [1.54, 1.807) is 6.20 Å². The van der Waals surface area contributed by atoms with E-state index in [-0.39, 0.29) is 5.91 Å². The Bertz CT molecular complexity index is 1130. The standard InChI is InChI=1S/C26H29ClN4O/c1-19-9-10-20(27)17-24(19)29-13-15-31(16-14-29)26(32)23-18-28-25(30-11-5-2-6-12-30)22-8-4-3-7-21(22)23/h3-4,7-10,17-18H,2,5-6,11-16H2,1H3. The van der Waals surface area contributed by atoms with Crippen LogP contribution >= 0.6 is 11.6 Å². The number of piperidine rings is 1. The monoisotopic (exact) mass is 448 g/mol. The predicted octanol–water partition coefficient (Wildman–Crippen LogP) is 5.15. The fourth-order valence-corrected chi connectivity index (χ4v) is 5.12. The van der Waals surface area contributed by atoms with Gasteiger partial charge in [-0.3, -0.25) is 4.79 Å². The molecule has 2 aromatic carbocycles. The largest absolute Gasteiger partial charge is 0.368 e. The zero-order chi connectivity index (χ0) is 22.1. The fraction of sp³-hybridized carbons (Fsp3) is 0.385. The minimum atomic E-state index is 0.0707. The molecule has 2 fully saturated rings. The maximum Gasteiger partial charge on any atom is 0.256 e. The number of carbonyl (C=O) groups is 1. The Kier molecular flexibility index (Phi) is 5.92. The van der Waals surface area contributed by atoms with Crippen LogP contribution in [0, 0.1) is 6.92 Å². The Hall–Kier alpha value is -2.79. The number of aryl methyl sites for hydroxylation is 1. The zero-order valence-electron chi connectivity index (χ0n) is 18.6. The van der Waals surface area contributed by atoms with Gasteiger partial charge in [0.15, 0.2) is 0 Å². The number of carbonyl (C=O) groups excluding carboxylic acids is 1. The number of piperazine rings is 1. The van der Waals surface area contributed by atoms with Crippen LogP contribution in [0.15, 0.2) is 48.7 Å². The molecule has 0 spiro atoms. The van der Waals surface area contributed by atoms with Gasteiger partial charge in [-0.2, -0.15) is 0 Å². The average Bonchev–Trinajstić information content (AvgIpc) is 2.85. The second-order valence-corrected chi connectivity index (χ2v) is 9.24. The maximum atomic E-state index is 13.5. The molecular weight excluding hydrogens is 420 g/mol. The van der Waals surface area contributed by atoms with Crippen LogP contribution in [0.4, 0.5) is 11.5 Å². The van der Waals surface area contributed by atoms with Crippen LogP contribution in [-0.4, -0.2) is 55.1 Å². The van der Waals surface area contributed by atoms with Crippen molar-refractivity contribution >= 4 is 39.8 Å². The van der Waals surface area contributed by atoms with E-state index < -0.39 is 0 Å². The first-order chi connectivity index (χ1) is 15.6. The summed E-state index contributed by atoms with van der Waals surface area (Å²) >= 11 is 6.22. The van der Waals surface area contributed by atoms with Crippen molar-refractivity contribution in [3.8, 4) is 0 Å². The van der Waals surface area contributed by atoms with Crippen LogP contribution in [0.2, 0.25) is 5.02 Å². The van der Waals surface area contributed by atoms with Crippen molar-refractivity contribution in [2.75, 3.05) is 49.1 Å². The molecule has 3 heterocycles. The Morgan fingerprint density at radius 3 is 2.34 bits per heavy atom. The lowest BCUT2D eigenvalue weighted by atomic mass is 10.0. The number of benzene rings is 2. The SMILES string of the molecule is Cc1ccc(Cl)cc1N1CCN(C(=O)c2cnc(N3CCCCC3)c3ccccc23)CC1. The van der Waals surface area contributed by atoms with E-state index in [1.165, 1.54) is 24.8 Å².